The van der Waals surface area contributed by atoms with Crippen LogP contribution in [0.3, 0.4) is 0 Å². The third-order valence-corrected chi connectivity index (χ3v) is 4.19. The maximum Gasteiger partial charge on any atom is 0.0194 e. The smallest absolute Gasteiger partial charge is 0.0194 e. The molecule has 1 fully saturated rings. The number of nitrogens with one attached hydrogen (secondary N) is 1. The summed E-state index contributed by atoms with van der Waals surface area (Å²) >= 11 is 2.12. The van der Waals surface area contributed by atoms with Crippen molar-refractivity contribution in [3.63, 3.8) is 0 Å². The first-order valence-corrected chi connectivity index (χ1v) is 6.99. The lowest BCUT2D eigenvalue weighted by Gasteiger charge is -2.24. The normalized spacial score (nSPS) is 28.3. The SMILES string of the molecule is CCNC1CSCC1CCC(C)(C)C. The largest absolute Gasteiger partial charge is 0.313 e. The number of hydrogen-bond donors (Lipinski definition) is 1. The number of rotatable bonds is 4. The average molecular weight is 215 g/mol. The van der Waals surface area contributed by atoms with Crippen LogP contribution in [0.25, 0.3) is 0 Å². The van der Waals surface area contributed by atoms with E-state index >= 15 is 0 Å². The monoisotopic (exact) mass is 215 g/mol. The molecule has 0 radical (unpaired) electrons. The van der Waals surface area contributed by atoms with Gasteiger partial charge in [0.15, 0.2) is 0 Å². The van der Waals surface area contributed by atoms with Gasteiger partial charge >= 0.3 is 0 Å². The van der Waals surface area contributed by atoms with Crippen LogP contribution >= 0.6 is 11.8 Å². The van der Waals surface area contributed by atoms with Crippen molar-refractivity contribution in [2.75, 3.05) is 18.1 Å². The maximum absolute atomic E-state index is 3.61. The lowest BCUT2D eigenvalue weighted by Crippen LogP contribution is -2.35. The van der Waals surface area contributed by atoms with Gasteiger partial charge in [-0.15, -0.1) is 0 Å². The molecule has 2 heteroatoms. The predicted molar refractivity (Wildman–Crippen MR) is 67.0 cm³/mol. The molecule has 1 rings (SSSR count). The first-order valence-electron chi connectivity index (χ1n) is 5.84. The zero-order valence-corrected chi connectivity index (χ0v) is 10.9. The van der Waals surface area contributed by atoms with Crippen LogP contribution in [0.5, 0.6) is 0 Å². The highest BCUT2D eigenvalue weighted by atomic mass is 32.2. The molecule has 2 unspecified atom stereocenters. The van der Waals surface area contributed by atoms with Gasteiger partial charge in [-0.05, 0) is 36.5 Å². The van der Waals surface area contributed by atoms with E-state index in [1.807, 2.05) is 0 Å². The average Bonchev–Trinajstić information content (AvgIpc) is 2.48. The fourth-order valence-electron chi connectivity index (χ4n) is 1.99. The van der Waals surface area contributed by atoms with Crippen LogP contribution in [-0.4, -0.2) is 24.1 Å². The third-order valence-electron chi connectivity index (χ3n) is 2.93. The summed E-state index contributed by atoms with van der Waals surface area (Å²) in [6.07, 6.45) is 2.76. The Morgan fingerprint density at radius 2 is 2.00 bits per heavy atom. The predicted octanol–water partition coefficient (Wildman–Crippen LogP) is 3.15. The minimum atomic E-state index is 0.504. The quantitative estimate of drug-likeness (QED) is 0.773. The van der Waals surface area contributed by atoms with E-state index in [0.717, 1.165) is 18.5 Å². The Morgan fingerprint density at radius 3 is 2.57 bits per heavy atom. The van der Waals surface area contributed by atoms with Gasteiger partial charge in [-0.3, -0.25) is 0 Å². The van der Waals surface area contributed by atoms with Crippen LogP contribution in [-0.2, 0) is 0 Å². The molecule has 1 saturated heterocycles. The fourth-order valence-corrected chi connectivity index (χ4v) is 3.47. The second kappa shape index (κ2) is 5.41. The summed E-state index contributed by atoms with van der Waals surface area (Å²) in [5, 5.41) is 3.61. The van der Waals surface area contributed by atoms with E-state index in [9.17, 15) is 0 Å². The molecule has 0 aromatic rings. The molecule has 0 aromatic carbocycles. The van der Waals surface area contributed by atoms with Crippen LogP contribution in [0.15, 0.2) is 0 Å². The number of hydrogen-bond acceptors (Lipinski definition) is 2. The molecule has 0 bridgehead atoms. The molecule has 0 saturated carbocycles. The van der Waals surface area contributed by atoms with Crippen molar-refractivity contribution in [3.8, 4) is 0 Å². The van der Waals surface area contributed by atoms with E-state index in [-0.39, 0.29) is 0 Å². The molecular weight excluding hydrogens is 190 g/mol. The summed E-state index contributed by atoms with van der Waals surface area (Å²) < 4.78 is 0. The van der Waals surface area contributed by atoms with Crippen molar-refractivity contribution in [3.05, 3.63) is 0 Å². The van der Waals surface area contributed by atoms with Crippen LogP contribution in [0.4, 0.5) is 0 Å². The fraction of sp³-hybridized carbons (Fsp3) is 1.00. The Morgan fingerprint density at radius 1 is 1.29 bits per heavy atom. The topological polar surface area (TPSA) is 12.0 Å². The third kappa shape index (κ3) is 4.22. The van der Waals surface area contributed by atoms with E-state index in [2.05, 4.69) is 44.8 Å². The lowest BCUT2D eigenvalue weighted by atomic mass is 9.85. The van der Waals surface area contributed by atoms with Gasteiger partial charge in [0, 0.05) is 11.8 Å². The zero-order valence-electron chi connectivity index (χ0n) is 10.1. The second-order valence-electron chi connectivity index (χ2n) is 5.56. The van der Waals surface area contributed by atoms with E-state index in [1.54, 1.807) is 0 Å². The molecule has 1 heterocycles. The summed E-state index contributed by atoms with van der Waals surface area (Å²) in [7, 11) is 0. The Kier molecular flexibility index (Phi) is 4.78. The molecular formula is C12H25NS. The number of thioether (sulfide) groups is 1. The highest BCUT2D eigenvalue weighted by molar-refractivity contribution is 7.99. The molecule has 0 aromatic heterocycles. The summed E-state index contributed by atoms with van der Waals surface area (Å²) in [6.45, 7) is 10.4. The molecule has 2 atom stereocenters. The molecule has 1 nitrogen and oxygen atoms in total. The highest BCUT2D eigenvalue weighted by Gasteiger charge is 2.27. The molecule has 14 heavy (non-hydrogen) atoms. The standard InChI is InChI=1S/C12H25NS/c1-5-13-11-9-14-8-10(11)6-7-12(2,3)4/h10-11,13H,5-9H2,1-4H3. The van der Waals surface area contributed by atoms with Crippen molar-refractivity contribution < 1.29 is 0 Å². The summed E-state index contributed by atoms with van der Waals surface area (Å²) in [5.74, 6) is 3.61. The molecule has 0 spiro atoms. The minimum absolute atomic E-state index is 0.504. The zero-order chi connectivity index (χ0) is 10.6. The van der Waals surface area contributed by atoms with Crippen LogP contribution < -0.4 is 5.32 Å². The van der Waals surface area contributed by atoms with Crippen molar-refractivity contribution >= 4 is 11.8 Å². The summed E-state index contributed by atoms with van der Waals surface area (Å²) in [4.78, 5) is 0. The molecule has 0 amide bonds. The van der Waals surface area contributed by atoms with Gasteiger partial charge in [-0.2, -0.15) is 11.8 Å². The van der Waals surface area contributed by atoms with Gasteiger partial charge in [0.1, 0.15) is 0 Å². The molecule has 1 N–H and O–H groups in total. The molecule has 1 aliphatic heterocycles. The maximum atomic E-state index is 3.61. The van der Waals surface area contributed by atoms with Crippen molar-refractivity contribution in [2.45, 2.75) is 46.6 Å². The Hall–Kier alpha value is 0.310. The van der Waals surface area contributed by atoms with Gasteiger partial charge in [0.05, 0.1) is 0 Å². The van der Waals surface area contributed by atoms with Crippen molar-refractivity contribution in [1.82, 2.24) is 5.32 Å². The van der Waals surface area contributed by atoms with Gasteiger partial charge in [0.2, 0.25) is 0 Å². The Labute approximate surface area is 93.4 Å². The van der Waals surface area contributed by atoms with Gasteiger partial charge in [-0.25, -0.2) is 0 Å². The molecule has 0 aliphatic carbocycles. The van der Waals surface area contributed by atoms with Gasteiger partial charge < -0.3 is 5.32 Å². The van der Waals surface area contributed by atoms with E-state index in [4.69, 9.17) is 0 Å². The summed E-state index contributed by atoms with van der Waals surface area (Å²) in [6, 6.07) is 0.785. The molecule has 84 valence electrons. The van der Waals surface area contributed by atoms with Crippen molar-refractivity contribution in [1.29, 1.82) is 0 Å². The first kappa shape index (κ1) is 12.4. The van der Waals surface area contributed by atoms with Crippen LogP contribution in [0.1, 0.15) is 40.5 Å². The lowest BCUT2D eigenvalue weighted by molar-refractivity contribution is 0.307. The van der Waals surface area contributed by atoms with Gasteiger partial charge in [0.25, 0.3) is 0 Å². The molecule has 1 aliphatic rings. The van der Waals surface area contributed by atoms with Crippen molar-refractivity contribution in [2.24, 2.45) is 11.3 Å². The van der Waals surface area contributed by atoms with E-state index in [0.29, 0.717) is 5.41 Å². The van der Waals surface area contributed by atoms with Gasteiger partial charge in [-0.1, -0.05) is 27.7 Å². The Balaban J connectivity index is 2.29. The highest BCUT2D eigenvalue weighted by Crippen LogP contribution is 2.32. The second-order valence-corrected chi connectivity index (χ2v) is 6.64. The Bertz CT molecular complexity index is 162. The van der Waals surface area contributed by atoms with Crippen LogP contribution in [0, 0.1) is 11.3 Å². The summed E-state index contributed by atoms with van der Waals surface area (Å²) in [5.41, 5.74) is 0.504. The minimum Gasteiger partial charge on any atom is -0.313 e. The van der Waals surface area contributed by atoms with E-state index in [1.165, 1.54) is 24.3 Å². The van der Waals surface area contributed by atoms with E-state index < -0.39 is 0 Å². The van der Waals surface area contributed by atoms with Crippen LogP contribution in [0.2, 0.25) is 0 Å². The first-order chi connectivity index (χ1) is 6.53.